The molecule has 2 aromatic rings. The van der Waals surface area contributed by atoms with Crippen molar-refractivity contribution in [3.05, 3.63) is 54.1 Å². The first-order valence-electron chi connectivity index (χ1n) is 6.76. The summed E-state index contributed by atoms with van der Waals surface area (Å²) < 4.78 is 5.48. The molecule has 0 heterocycles. The Balaban J connectivity index is 2.08. The van der Waals surface area contributed by atoms with Crippen molar-refractivity contribution in [2.24, 2.45) is 5.73 Å². The molecule has 98 valence electrons. The number of methoxy groups -OCH3 is 1. The highest BCUT2D eigenvalue weighted by atomic mass is 16.5. The molecular formula is C17H19NO. The molecule has 0 radical (unpaired) electrons. The molecular weight excluding hydrogens is 234 g/mol. The van der Waals surface area contributed by atoms with E-state index in [0.717, 1.165) is 24.2 Å². The van der Waals surface area contributed by atoms with Crippen molar-refractivity contribution in [3.8, 4) is 16.9 Å². The molecule has 2 heteroatoms. The van der Waals surface area contributed by atoms with Gasteiger partial charge in [-0.1, -0.05) is 36.4 Å². The van der Waals surface area contributed by atoms with Gasteiger partial charge in [0.15, 0.2) is 0 Å². The Labute approximate surface area is 114 Å². The third kappa shape index (κ3) is 2.13. The van der Waals surface area contributed by atoms with Gasteiger partial charge in [0.2, 0.25) is 0 Å². The summed E-state index contributed by atoms with van der Waals surface area (Å²) >= 11 is 0. The van der Waals surface area contributed by atoms with Crippen LogP contribution >= 0.6 is 0 Å². The van der Waals surface area contributed by atoms with Gasteiger partial charge in [-0.05, 0) is 42.5 Å². The van der Waals surface area contributed by atoms with Gasteiger partial charge in [0.25, 0.3) is 0 Å². The molecule has 2 aromatic carbocycles. The molecule has 0 bridgehead atoms. The lowest BCUT2D eigenvalue weighted by Gasteiger charge is -2.39. The molecule has 0 atom stereocenters. The van der Waals surface area contributed by atoms with Gasteiger partial charge in [-0.25, -0.2) is 0 Å². The highest BCUT2D eigenvalue weighted by Crippen LogP contribution is 2.41. The molecule has 2 nitrogen and oxygen atoms in total. The Morgan fingerprint density at radius 2 is 1.79 bits per heavy atom. The van der Waals surface area contributed by atoms with E-state index < -0.39 is 0 Å². The molecule has 0 aromatic heterocycles. The van der Waals surface area contributed by atoms with E-state index >= 15 is 0 Å². The van der Waals surface area contributed by atoms with E-state index in [1.807, 2.05) is 24.3 Å². The maximum absolute atomic E-state index is 6.42. The van der Waals surface area contributed by atoms with Crippen LogP contribution in [0.3, 0.4) is 0 Å². The minimum Gasteiger partial charge on any atom is -0.496 e. The normalized spacial score (nSPS) is 16.7. The molecule has 19 heavy (non-hydrogen) atoms. The Morgan fingerprint density at radius 3 is 2.37 bits per heavy atom. The van der Waals surface area contributed by atoms with E-state index in [-0.39, 0.29) is 5.54 Å². The average molecular weight is 253 g/mol. The zero-order chi connectivity index (χ0) is 13.3. The monoisotopic (exact) mass is 253 g/mol. The van der Waals surface area contributed by atoms with E-state index in [0.29, 0.717) is 0 Å². The van der Waals surface area contributed by atoms with Crippen LogP contribution in [0.4, 0.5) is 0 Å². The number of nitrogens with two attached hydrogens (primary N) is 1. The van der Waals surface area contributed by atoms with E-state index in [1.54, 1.807) is 7.11 Å². The second-order valence-electron chi connectivity index (χ2n) is 5.29. The Bertz CT molecular complexity index is 573. The number of rotatable bonds is 3. The summed E-state index contributed by atoms with van der Waals surface area (Å²) in [5, 5.41) is 0. The Hall–Kier alpha value is -1.80. The summed E-state index contributed by atoms with van der Waals surface area (Å²) in [5.41, 5.74) is 9.81. The minimum atomic E-state index is -0.129. The van der Waals surface area contributed by atoms with Crippen molar-refractivity contribution < 1.29 is 4.74 Å². The topological polar surface area (TPSA) is 35.2 Å². The van der Waals surface area contributed by atoms with Crippen molar-refractivity contribution in [2.45, 2.75) is 24.8 Å². The molecule has 1 saturated carbocycles. The van der Waals surface area contributed by atoms with Crippen LogP contribution in [0.2, 0.25) is 0 Å². The SMILES string of the molecule is COc1ccc(C2(N)CCC2)cc1-c1ccccc1. The second-order valence-corrected chi connectivity index (χ2v) is 5.29. The summed E-state index contributed by atoms with van der Waals surface area (Å²) in [5.74, 6) is 0.901. The van der Waals surface area contributed by atoms with Gasteiger partial charge in [0.1, 0.15) is 5.75 Å². The van der Waals surface area contributed by atoms with Gasteiger partial charge in [-0.2, -0.15) is 0 Å². The lowest BCUT2D eigenvalue weighted by atomic mass is 9.72. The fraction of sp³-hybridized carbons (Fsp3) is 0.294. The predicted octanol–water partition coefficient (Wildman–Crippen LogP) is 3.70. The first-order chi connectivity index (χ1) is 9.23. The molecule has 0 unspecified atom stereocenters. The van der Waals surface area contributed by atoms with Crippen molar-refractivity contribution in [1.29, 1.82) is 0 Å². The van der Waals surface area contributed by atoms with Crippen LogP contribution in [0, 0.1) is 0 Å². The Morgan fingerprint density at radius 1 is 1.05 bits per heavy atom. The summed E-state index contributed by atoms with van der Waals surface area (Å²) in [6.45, 7) is 0. The van der Waals surface area contributed by atoms with E-state index in [9.17, 15) is 0 Å². The highest BCUT2D eigenvalue weighted by Gasteiger charge is 2.34. The molecule has 0 aliphatic heterocycles. The highest BCUT2D eigenvalue weighted by molar-refractivity contribution is 5.71. The van der Waals surface area contributed by atoms with Crippen LogP contribution in [-0.2, 0) is 5.54 Å². The summed E-state index contributed by atoms with van der Waals surface area (Å²) in [6, 6.07) is 16.6. The molecule has 1 aliphatic rings. The standard InChI is InChI=1S/C17H19NO/c1-19-16-9-8-14(17(18)10-5-11-17)12-15(16)13-6-3-2-4-7-13/h2-4,6-9,12H,5,10-11,18H2,1H3. The average Bonchev–Trinajstić information content (AvgIpc) is 2.45. The van der Waals surface area contributed by atoms with Crippen LogP contribution in [0.1, 0.15) is 24.8 Å². The maximum Gasteiger partial charge on any atom is 0.126 e. The van der Waals surface area contributed by atoms with Crippen LogP contribution in [-0.4, -0.2) is 7.11 Å². The third-order valence-electron chi connectivity index (χ3n) is 4.10. The van der Waals surface area contributed by atoms with Crippen LogP contribution in [0.5, 0.6) is 5.75 Å². The zero-order valence-electron chi connectivity index (χ0n) is 11.2. The number of hydrogen-bond donors (Lipinski definition) is 1. The molecule has 2 N–H and O–H groups in total. The van der Waals surface area contributed by atoms with Gasteiger partial charge in [0, 0.05) is 11.1 Å². The predicted molar refractivity (Wildman–Crippen MR) is 78.1 cm³/mol. The van der Waals surface area contributed by atoms with Crippen LogP contribution in [0.25, 0.3) is 11.1 Å². The molecule has 3 rings (SSSR count). The van der Waals surface area contributed by atoms with Crippen molar-refractivity contribution in [2.75, 3.05) is 7.11 Å². The van der Waals surface area contributed by atoms with Gasteiger partial charge in [0.05, 0.1) is 7.11 Å². The smallest absolute Gasteiger partial charge is 0.126 e. The molecule has 0 amide bonds. The van der Waals surface area contributed by atoms with Crippen molar-refractivity contribution in [1.82, 2.24) is 0 Å². The first kappa shape index (κ1) is 12.2. The number of ether oxygens (including phenoxy) is 1. The maximum atomic E-state index is 6.42. The van der Waals surface area contributed by atoms with E-state index in [4.69, 9.17) is 10.5 Å². The summed E-state index contributed by atoms with van der Waals surface area (Å²) in [6.07, 6.45) is 3.38. The first-order valence-corrected chi connectivity index (χ1v) is 6.76. The second kappa shape index (κ2) is 4.71. The molecule has 1 fully saturated rings. The quantitative estimate of drug-likeness (QED) is 0.905. The fourth-order valence-corrected chi connectivity index (χ4v) is 2.71. The largest absolute Gasteiger partial charge is 0.496 e. The number of benzene rings is 2. The van der Waals surface area contributed by atoms with E-state index in [1.165, 1.54) is 17.5 Å². The summed E-state index contributed by atoms with van der Waals surface area (Å²) in [4.78, 5) is 0. The van der Waals surface area contributed by atoms with E-state index in [2.05, 4.69) is 24.3 Å². The summed E-state index contributed by atoms with van der Waals surface area (Å²) in [7, 11) is 1.71. The van der Waals surface area contributed by atoms with Gasteiger partial charge < -0.3 is 10.5 Å². The van der Waals surface area contributed by atoms with Gasteiger partial charge in [-0.3, -0.25) is 0 Å². The van der Waals surface area contributed by atoms with Gasteiger partial charge in [-0.15, -0.1) is 0 Å². The van der Waals surface area contributed by atoms with Crippen LogP contribution in [0.15, 0.2) is 48.5 Å². The molecule has 0 spiro atoms. The van der Waals surface area contributed by atoms with Crippen molar-refractivity contribution >= 4 is 0 Å². The third-order valence-corrected chi connectivity index (χ3v) is 4.10. The molecule has 0 saturated heterocycles. The van der Waals surface area contributed by atoms with Gasteiger partial charge >= 0.3 is 0 Å². The Kier molecular flexibility index (Phi) is 3.03. The molecule has 1 aliphatic carbocycles. The van der Waals surface area contributed by atoms with Crippen molar-refractivity contribution in [3.63, 3.8) is 0 Å². The number of hydrogen-bond acceptors (Lipinski definition) is 2. The lowest BCUT2D eigenvalue weighted by Crippen LogP contribution is -2.43. The fourth-order valence-electron chi connectivity index (χ4n) is 2.71. The zero-order valence-corrected chi connectivity index (χ0v) is 11.2. The van der Waals surface area contributed by atoms with Crippen LogP contribution < -0.4 is 10.5 Å². The lowest BCUT2D eigenvalue weighted by molar-refractivity contribution is 0.253. The minimum absolute atomic E-state index is 0.129.